The van der Waals surface area contributed by atoms with E-state index < -0.39 is 0 Å². The van der Waals surface area contributed by atoms with Crippen molar-refractivity contribution in [3.05, 3.63) is 30.1 Å². The van der Waals surface area contributed by atoms with E-state index in [0.717, 1.165) is 30.8 Å². The molecule has 0 spiro atoms. The number of nitrogens with one attached hydrogen (secondary N) is 1. The van der Waals surface area contributed by atoms with Gasteiger partial charge in [-0.1, -0.05) is 19.1 Å². The lowest BCUT2D eigenvalue weighted by molar-refractivity contribution is 0.339. The standard InChI is InChI=1S/C13H20N2O/c1-3-14-8-6-5-7-12-9-13(16-4-2)11-15-10-12/h5,7,9-11,14H,3-4,6,8H2,1-2H3/b7-5+. The Balaban J connectivity index is 2.43. The van der Waals surface area contributed by atoms with Crippen LogP contribution in [0.15, 0.2) is 24.5 Å². The summed E-state index contributed by atoms with van der Waals surface area (Å²) in [5.74, 6) is 0.830. The Bertz CT molecular complexity index is 323. The molecule has 0 aliphatic rings. The van der Waals surface area contributed by atoms with Gasteiger partial charge in [-0.25, -0.2) is 0 Å². The summed E-state index contributed by atoms with van der Waals surface area (Å²) >= 11 is 0. The molecular formula is C13H20N2O. The van der Waals surface area contributed by atoms with Gasteiger partial charge in [-0.2, -0.15) is 0 Å². The van der Waals surface area contributed by atoms with Gasteiger partial charge in [0.05, 0.1) is 12.8 Å². The minimum absolute atomic E-state index is 0.676. The van der Waals surface area contributed by atoms with Crippen molar-refractivity contribution in [2.24, 2.45) is 0 Å². The largest absolute Gasteiger partial charge is 0.492 e. The topological polar surface area (TPSA) is 34.2 Å². The van der Waals surface area contributed by atoms with Gasteiger partial charge in [0.2, 0.25) is 0 Å². The molecule has 0 unspecified atom stereocenters. The van der Waals surface area contributed by atoms with Crippen molar-refractivity contribution < 1.29 is 4.74 Å². The number of aromatic nitrogens is 1. The molecule has 0 fully saturated rings. The maximum Gasteiger partial charge on any atom is 0.138 e. The van der Waals surface area contributed by atoms with E-state index in [4.69, 9.17) is 4.74 Å². The van der Waals surface area contributed by atoms with Gasteiger partial charge in [0, 0.05) is 6.20 Å². The number of pyridine rings is 1. The van der Waals surface area contributed by atoms with E-state index in [1.165, 1.54) is 0 Å². The average Bonchev–Trinajstić information content (AvgIpc) is 2.30. The Labute approximate surface area is 97.5 Å². The molecule has 0 radical (unpaired) electrons. The van der Waals surface area contributed by atoms with Crippen LogP contribution in [0.4, 0.5) is 0 Å². The van der Waals surface area contributed by atoms with E-state index in [9.17, 15) is 0 Å². The second-order valence-electron chi connectivity index (χ2n) is 3.43. The van der Waals surface area contributed by atoms with Gasteiger partial charge in [-0.15, -0.1) is 0 Å². The quantitative estimate of drug-likeness (QED) is 0.717. The highest BCUT2D eigenvalue weighted by Crippen LogP contribution is 2.12. The van der Waals surface area contributed by atoms with Gasteiger partial charge in [0.1, 0.15) is 5.75 Å². The van der Waals surface area contributed by atoms with Crippen LogP contribution in [-0.2, 0) is 0 Å². The van der Waals surface area contributed by atoms with E-state index in [1.807, 2.05) is 19.2 Å². The molecule has 1 aromatic heterocycles. The monoisotopic (exact) mass is 220 g/mol. The summed E-state index contributed by atoms with van der Waals surface area (Å²) in [6.45, 7) is 6.80. The van der Waals surface area contributed by atoms with E-state index in [1.54, 1.807) is 6.20 Å². The minimum Gasteiger partial charge on any atom is -0.492 e. The summed E-state index contributed by atoms with van der Waals surface area (Å²) in [7, 11) is 0. The minimum atomic E-state index is 0.676. The highest BCUT2D eigenvalue weighted by molar-refractivity contribution is 5.49. The molecule has 1 N–H and O–H groups in total. The summed E-state index contributed by atoms with van der Waals surface area (Å²) in [6.07, 6.45) is 8.83. The molecule has 1 aromatic rings. The van der Waals surface area contributed by atoms with Crippen LogP contribution in [0.25, 0.3) is 6.08 Å². The molecular weight excluding hydrogens is 200 g/mol. The zero-order chi connectivity index (χ0) is 11.6. The fraction of sp³-hybridized carbons (Fsp3) is 0.462. The Morgan fingerprint density at radius 2 is 2.25 bits per heavy atom. The Kier molecular flexibility index (Phi) is 6.26. The van der Waals surface area contributed by atoms with E-state index in [-0.39, 0.29) is 0 Å². The van der Waals surface area contributed by atoms with Gasteiger partial charge in [-0.3, -0.25) is 4.98 Å². The van der Waals surface area contributed by atoms with Crippen molar-refractivity contribution in [3.63, 3.8) is 0 Å². The normalized spacial score (nSPS) is 10.9. The molecule has 0 aliphatic heterocycles. The molecule has 0 aliphatic carbocycles. The van der Waals surface area contributed by atoms with Crippen LogP contribution in [0, 0.1) is 0 Å². The van der Waals surface area contributed by atoms with Crippen LogP contribution in [0.3, 0.4) is 0 Å². The molecule has 1 rings (SSSR count). The summed E-state index contributed by atoms with van der Waals surface area (Å²) in [5.41, 5.74) is 1.09. The van der Waals surface area contributed by atoms with Crippen molar-refractivity contribution in [3.8, 4) is 5.75 Å². The molecule has 1 heterocycles. The van der Waals surface area contributed by atoms with E-state index in [2.05, 4.69) is 29.4 Å². The number of rotatable bonds is 7. The lowest BCUT2D eigenvalue weighted by Gasteiger charge is -2.02. The predicted octanol–water partition coefficient (Wildman–Crippen LogP) is 2.49. The van der Waals surface area contributed by atoms with Gasteiger partial charge in [0.15, 0.2) is 0 Å². The van der Waals surface area contributed by atoms with Crippen molar-refractivity contribution in [2.75, 3.05) is 19.7 Å². The number of hydrogen-bond acceptors (Lipinski definition) is 3. The molecule has 0 saturated heterocycles. The first-order valence-electron chi connectivity index (χ1n) is 5.82. The molecule has 0 saturated carbocycles. The van der Waals surface area contributed by atoms with E-state index in [0.29, 0.717) is 6.61 Å². The first kappa shape index (κ1) is 12.7. The Morgan fingerprint density at radius 3 is 3.00 bits per heavy atom. The van der Waals surface area contributed by atoms with Crippen molar-refractivity contribution in [1.82, 2.24) is 10.3 Å². The van der Waals surface area contributed by atoms with Crippen LogP contribution in [-0.4, -0.2) is 24.7 Å². The van der Waals surface area contributed by atoms with Crippen LogP contribution >= 0.6 is 0 Å². The van der Waals surface area contributed by atoms with Crippen LogP contribution in [0.5, 0.6) is 5.75 Å². The van der Waals surface area contributed by atoms with Crippen molar-refractivity contribution in [2.45, 2.75) is 20.3 Å². The first-order chi connectivity index (χ1) is 7.86. The number of nitrogens with zero attached hydrogens (tertiary/aromatic N) is 1. The first-order valence-corrected chi connectivity index (χ1v) is 5.82. The Morgan fingerprint density at radius 1 is 1.38 bits per heavy atom. The molecule has 0 aromatic carbocycles. The van der Waals surface area contributed by atoms with Crippen LogP contribution < -0.4 is 10.1 Å². The maximum absolute atomic E-state index is 5.38. The third kappa shape index (κ3) is 4.94. The fourth-order valence-electron chi connectivity index (χ4n) is 1.35. The summed E-state index contributed by atoms with van der Waals surface area (Å²) in [4.78, 5) is 4.13. The van der Waals surface area contributed by atoms with Gasteiger partial charge in [0.25, 0.3) is 0 Å². The third-order valence-corrected chi connectivity index (χ3v) is 2.09. The molecule has 0 atom stereocenters. The van der Waals surface area contributed by atoms with Crippen molar-refractivity contribution >= 4 is 6.08 Å². The highest BCUT2D eigenvalue weighted by Gasteiger charge is 1.93. The molecule has 3 nitrogen and oxygen atoms in total. The molecule has 88 valence electrons. The number of ether oxygens (including phenoxy) is 1. The summed E-state index contributed by atoms with van der Waals surface area (Å²) in [5, 5.41) is 3.27. The molecule has 3 heteroatoms. The lowest BCUT2D eigenvalue weighted by Crippen LogP contribution is -2.12. The maximum atomic E-state index is 5.38. The summed E-state index contributed by atoms with van der Waals surface area (Å²) in [6, 6.07) is 2.00. The molecule has 0 amide bonds. The van der Waals surface area contributed by atoms with Crippen molar-refractivity contribution in [1.29, 1.82) is 0 Å². The third-order valence-electron chi connectivity index (χ3n) is 2.09. The van der Waals surface area contributed by atoms with Crippen LogP contribution in [0.2, 0.25) is 0 Å². The fourth-order valence-corrected chi connectivity index (χ4v) is 1.35. The summed E-state index contributed by atoms with van der Waals surface area (Å²) < 4.78 is 5.38. The SMILES string of the molecule is CCNCC/C=C/c1cncc(OCC)c1. The van der Waals surface area contributed by atoms with Gasteiger partial charge in [-0.05, 0) is 38.1 Å². The average molecular weight is 220 g/mol. The lowest BCUT2D eigenvalue weighted by atomic mass is 10.2. The highest BCUT2D eigenvalue weighted by atomic mass is 16.5. The second-order valence-corrected chi connectivity index (χ2v) is 3.43. The Hall–Kier alpha value is -1.35. The van der Waals surface area contributed by atoms with E-state index >= 15 is 0 Å². The van der Waals surface area contributed by atoms with Gasteiger partial charge >= 0.3 is 0 Å². The van der Waals surface area contributed by atoms with Crippen LogP contribution in [0.1, 0.15) is 25.8 Å². The zero-order valence-corrected chi connectivity index (χ0v) is 10.1. The zero-order valence-electron chi connectivity index (χ0n) is 10.1. The predicted molar refractivity (Wildman–Crippen MR) is 67.6 cm³/mol. The second kappa shape index (κ2) is 7.88. The molecule has 0 bridgehead atoms. The number of hydrogen-bond donors (Lipinski definition) is 1. The van der Waals surface area contributed by atoms with Gasteiger partial charge < -0.3 is 10.1 Å². The molecule has 16 heavy (non-hydrogen) atoms. The smallest absolute Gasteiger partial charge is 0.138 e.